The van der Waals surface area contributed by atoms with Crippen LogP contribution in [0.25, 0.3) is 0 Å². The van der Waals surface area contributed by atoms with Crippen molar-refractivity contribution in [3.63, 3.8) is 0 Å². The highest BCUT2D eigenvalue weighted by molar-refractivity contribution is 5.78. The Labute approximate surface area is 118 Å². The quantitative estimate of drug-likeness (QED) is 0.860. The first-order valence-electron chi connectivity index (χ1n) is 6.95. The fourth-order valence-corrected chi connectivity index (χ4v) is 2.88. The lowest BCUT2D eigenvalue weighted by Crippen LogP contribution is -2.47. The molecule has 20 heavy (non-hydrogen) atoms. The molecular weight excluding hydrogens is 257 g/mol. The Morgan fingerprint density at radius 3 is 2.70 bits per heavy atom. The van der Waals surface area contributed by atoms with Gasteiger partial charge in [0.15, 0.2) is 0 Å². The summed E-state index contributed by atoms with van der Waals surface area (Å²) in [6.07, 6.45) is 4.43. The van der Waals surface area contributed by atoms with Gasteiger partial charge in [0, 0.05) is 6.42 Å². The molecule has 1 heterocycles. The van der Waals surface area contributed by atoms with Crippen molar-refractivity contribution < 1.29 is 14.3 Å². The topological polar surface area (TPSA) is 40.5 Å². The van der Waals surface area contributed by atoms with Crippen molar-refractivity contribution >= 4 is 5.91 Å². The van der Waals surface area contributed by atoms with Gasteiger partial charge in [-0.1, -0.05) is 18.2 Å². The summed E-state index contributed by atoms with van der Waals surface area (Å²) in [6.45, 7) is 3.56. The third kappa shape index (κ3) is 3.07. The van der Waals surface area contributed by atoms with E-state index in [-0.39, 0.29) is 36.8 Å². The predicted octanol–water partition coefficient (Wildman–Crippen LogP) is 2.82. The van der Waals surface area contributed by atoms with Gasteiger partial charge >= 0.3 is 0 Å². The summed E-state index contributed by atoms with van der Waals surface area (Å²) in [4.78, 5) is 14.0. The molecule has 108 valence electrons. The third-order valence-corrected chi connectivity index (χ3v) is 3.82. The Balaban J connectivity index is 2.29. The lowest BCUT2D eigenvalue weighted by atomic mass is 9.90. The molecule has 3 nitrogen and oxygen atoms in total. The minimum Gasteiger partial charge on any atom is -0.394 e. The maximum atomic E-state index is 13.0. The summed E-state index contributed by atoms with van der Waals surface area (Å²) in [5, 5.41) is 9.51. The van der Waals surface area contributed by atoms with Gasteiger partial charge in [0.2, 0.25) is 5.91 Å². The van der Waals surface area contributed by atoms with Crippen LogP contribution in [-0.2, 0) is 4.79 Å². The standard InChI is InChI=1S/C16H20FNO2/c1-2-4-16(20)18-14(11-19)5-3-6-15(18)12-7-9-13(17)10-8-12/h2,7-10,14-15,19H,1,3-6,11H2. The average Bonchev–Trinajstić information content (AvgIpc) is 2.47. The Hall–Kier alpha value is -1.68. The van der Waals surface area contributed by atoms with Crippen molar-refractivity contribution in [2.45, 2.75) is 37.8 Å². The molecule has 1 fully saturated rings. The Kier molecular flexibility index (Phi) is 4.90. The van der Waals surface area contributed by atoms with E-state index in [1.54, 1.807) is 23.1 Å². The monoisotopic (exact) mass is 277 g/mol. The van der Waals surface area contributed by atoms with Crippen molar-refractivity contribution in [1.29, 1.82) is 0 Å². The Morgan fingerprint density at radius 1 is 1.40 bits per heavy atom. The van der Waals surface area contributed by atoms with E-state index >= 15 is 0 Å². The second-order valence-electron chi connectivity index (χ2n) is 5.13. The number of rotatable bonds is 4. The van der Waals surface area contributed by atoms with E-state index in [9.17, 15) is 14.3 Å². The first kappa shape index (κ1) is 14.7. The Bertz CT molecular complexity index is 472. The molecule has 2 atom stereocenters. The van der Waals surface area contributed by atoms with Crippen LogP contribution in [0.4, 0.5) is 4.39 Å². The van der Waals surface area contributed by atoms with Crippen molar-refractivity contribution in [2.75, 3.05) is 6.61 Å². The van der Waals surface area contributed by atoms with E-state index in [2.05, 4.69) is 6.58 Å². The molecule has 4 heteroatoms. The number of hydrogen-bond donors (Lipinski definition) is 1. The van der Waals surface area contributed by atoms with Gasteiger partial charge in [-0.2, -0.15) is 0 Å². The molecule has 1 N–H and O–H groups in total. The highest BCUT2D eigenvalue weighted by atomic mass is 19.1. The van der Waals surface area contributed by atoms with Crippen LogP contribution >= 0.6 is 0 Å². The van der Waals surface area contributed by atoms with Crippen LogP contribution in [0.3, 0.4) is 0 Å². The number of piperidine rings is 1. The van der Waals surface area contributed by atoms with E-state index in [0.29, 0.717) is 0 Å². The van der Waals surface area contributed by atoms with Crippen LogP contribution in [0.5, 0.6) is 0 Å². The molecule has 1 aliphatic heterocycles. The molecule has 1 saturated heterocycles. The fraction of sp³-hybridized carbons (Fsp3) is 0.438. The van der Waals surface area contributed by atoms with Gasteiger partial charge in [-0.3, -0.25) is 4.79 Å². The van der Waals surface area contributed by atoms with Crippen LogP contribution in [0.15, 0.2) is 36.9 Å². The number of halogens is 1. The van der Waals surface area contributed by atoms with Gasteiger partial charge in [0.1, 0.15) is 5.82 Å². The van der Waals surface area contributed by atoms with E-state index in [4.69, 9.17) is 0 Å². The zero-order chi connectivity index (χ0) is 14.5. The van der Waals surface area contributed by atoms with Crippen LogP contribution in [0, 0.1) is 5.82 Å². The molecule has 1 amide bonds. The van der Waals surface area contributed by atoms with Crippen molar-refractivity contribution in [3.05, 3.63) is 48.3 Å². The normalized spacial score (nSPS) is 22.6. The molecule has 0 aromatic heterocycles. The number of aliphatic hydroxyl groups excluding tert-OH is 1. The van der Waals surface area contributed by atoms with Gasteiger partial charge in [0.25, 0.3) is 0 Å². The highest BCUT2D eigenvalue weighted by Gasteiger charge is 2.33. The number of carbonyl (C=O) groups excluding carboxylic acids is 1. The lowest BCUT2D eigenvalue weighted by Gasteiger charge is -2.41. The summed E-state index contributed by atoms with van der Waals surface area (Å²) in [5.41, 5.74) is 0.918. The maximum absolute atomic E-state index is 13.0. The smallest absolute Gasteiger partial charge is 0.227 e. The van der Waals surface area contributed by atoms with Gasteiger partial charge in [-0.15, -0.1) is 6.58 Å². The molecule has 0 saturated carbocycles. The lowest BCUT2D eigenvalue weighted by molar-refractivity contribution is -0.139. The summed E-state index contributed by atoms with van der Waals surface area (Å²) in [6, 6.07) is 6.00. The van der Waals surface area contributed by atoms with Crippen LogP contribution in [-0.4, -0.2) is 28.6 Å². The number of benzene rings is 1. The van der Waals surface area contributed by atoms with Crippen LogP contribution < -0.4 is 0 Å². The summed E-state index contributed by atoms with van der Waals surface area (Å²) in [7, 11) is 0. The van der Waals surface area contributed by atoms with Crippen LogP contribution in [0.1, 0.15) is 37.3 Å². The number of hydrogen-bond acceptors (Lipinski definition) is 2. The molecule has 1 aromatic carbocycles. The number of aliphatic hydroxyl groups is 1. The van der Waals surface area contributed by atoms with Gasteiger partial charge in [-0.05, 0) is 37.0 Å². The number of carbonyl (C=O) groups is 1. The Morgan fingerprint density at radius 2 is 2.10 bits per heavy atom. The molecule has 0 radical (unpaired) electrons. The van der Waals surface area contributed by atoms with Gasteiger partial charge < -0.3 is 10.0 Å². The van der Waals surface area contributed by atoms with E-state index in [1.165, 1.54) is 12.1 Å². The maximum Gasteiger partial charge on any atom is 0.227 e. The molecule has 0 spiro atoms. The van der Waals surface area contributed by atoms with E-state index in [1.807, 2.05) is 0 Å². The second-order valence-corrected chi connectivity index (χ2v) is 5.13. The van der Waals surface area contributed by atoms with Gasteiger partial charge in [-0.25, -0.2) is 4.39 Å². The first-order chi connectivity index (χ1) is 9.67. The first-order valence-corrected chi connectivity index (χ1v) is 6.95. The number of nitrogens with zero attached hydrogens (tertiary/aromatic N) is 1. The zero-order valence-corrected chi connectivity index (χ0v) is 11.5. The third-order valence-electron chi connectivity index (χ3n) is 3.82. The molecule has 1 aromatic rings. The SMILES string of the molecule is C=CCC(=O)N1C(CO)CCCC1c1ccc(F)cc1. The molecule has 2 unspecified atom stereocenters. The molecule has 2 rings (SSSR count). The predicted molar refractivity (Wildman–Crippen MR) is 75.5 cm³/mol. The van der Waals surface area contributed by atoms with Crippen molar-refractivity contribution in [3.8, 4) is 0 Å². The summed E-state index contributed by atoms with van der Waals surface area (Å²) in [5.74, 6) is -0.319. The zero-order valence-electron chi connectivity index (χ0n) is 11.5. The fourth-order valence-electron chi connectivity index (χ4n) is 2.88. The van der Waals surface area contributed by atoms with Crippen LogP contribution in [0.2, 0.25) is 0 Å². The second kappa shape index (κ2) is 6.66. The van der Waals surface area contributed by atoms with Crippen molar-refractivity contribution in [1.82, 2.24) is 4.90 Å². The largest absolute Gasteiger partial charge is 0.394 e. The average molecular weight is 277 g/mol. The number of likely N-dealkylation sites (tertiary alicyclic amines) is 1. The van der Waals surface area contributed by atoms with E-state index < -0.39 is 0 Å². The molecule has 0 aliphatic carbocycles. The highest BCUT2D eigenvalue weighted by Crippen LogP contribution is 2.34. The molecule has 0 bridgehead atoms. The van der Waals surface area contributed by atoms with Crippen molar-refractivity contribution in [2.24, 2.45) is 0 Å². The minimum atomic E-state index is -0.285. The number of amides is 1. The minimum absolute atomic E-state index is 0.0342. The molecule has 1 aliphatic rings. The summed E-state index contributed by atoms with van der Waals surface area (Å²) < 4.78 is 13.0. The van der Waals surface area contributed by atoms with Gasteiger partial charge in [0.05, 0.1) is 18.7 Å². The molecular formula is C16H20FNO2. The van der Waals surface area contributed by atoms with E-state index in [0.717, 1.165) is 24.8 Å². The summed E-state index contributed by atoms with van der Waals surface area (Å²) >= 11 is 0.